The van der Waals surface area contributed by atoms with Crippen LogP contribution >= 0.6 is 0 Å². The standard InChI is InChI=1S/C26H47N5O3/c1-2-3-4-5-10-25(33)31-24(21-22-11-13-23(32)14-12-22)26(34)30-20-9-19-29-17-7-6-16-28-18-8-15-27/h11-14,24,28-29,32H,2-10,15-21,27H2,1H3,(H,30,34)(H,31,33)/t24-/m0/s1. The third-order valence-electron chi connectivity index (χ3n) is 5.63. The van der Waals surface area contributed by atoms with Gasteiger partial charge in [-0.3, -0.25) is 9.59 Å². The molecule has 0 aliphatic carbocycles. The van der Waals surface area contributed by atoms with Gasteiger partial charge in [0.25, 0.3) is 0 Å². The highest BCUT2D eigenvalue weighted by Crippen LogP contribution is 2.12. The average molecular weight is 478 g/mol. The Morgan fingerprint density at radius 2 is 1.50 bits per heavy atom. The van der Waals surface area contributed by atoms with Crippen molar-refractivity contribution in [3.8, 4) is 5.75 Å². The molecule has 0 saturated heterocycles. The Morgan fingerprint density at radius 3 is 2.15 bits per heavy atom. The fourth-order valence-electron chi connectivity index (χ4n) is 3.58. The molecule has 0 fully saturated rings. The van der Waals surface area contributed by atoms with Gasteiger partial charge < -0.3 is 32.1 Å². The molecule has 0 unspecified atom stereocenters. The Balaban J connectivity index is 2.31. The van der Waals surface area contributed by atoms with Crippen molar-refractivity contribution in [2.24, 2.45) is 5.73 Å². The topological polar surface area (TPSA) is 129 Å². The lowest BCUT2D eigenvalue weighted by atomic mass is 10.0. The number of amides is 2. The fourth-order valence-corrected chi connectivity index (χ4v) is 3.58. The van der Waals surface area contributed by atoms with E-state index in [4.69, 9.17) is 5.73 Å². The lowest BCUT2D eigenvalue weighted by Gasteiger charge is -2.19. The van der Waals surface area contributed by atoms with Crippen LogP contribution in [0.5, 0.6) is 5.75 Å². The van der Waals surface area contributed by atoms with Crippen LogP contribution in [0.1, 0.15) is 70.3 Å². The van der Waals surface area contributed by atoms with E-state index in [9.17, 15) is 14.7 Å². The quantitative estimate of drug-likeness (QED) is 0.151. The summed E-state index contributed by atoms with van der Waals surface area (Å²) in [5.74, 6) is -0.0761. The first kappa shape index (κ1) is 29.9. The van der Waals surface area contributed by atoms with E-state index in [1.54, 1.807) is 24.3 Å². The molecule has 8 nitrogen and oxygen atoms in total. The number of nitrogens with one attached hydrogen (secondary N) is 4. The largest absolute Gasteiger partial charge is 0.508 e. The van der Waals surface area contributed by atoms with E-state index in [0.717, 1.165) is 89.7 Å². The van der Waals surface area contributed by atoms with Gasteiger partial charge in [0.2, 0.25) is 11.8 Å². The van der Waals surface area contributed by atoms with Gasteiger partial charge in [-0.2, -0.15) is 0 Å². The summed E-state index contributed by atoms with van der Waals surface area (Å²) in [5, 5.41) is 22.2. The van der Waals surface area contributed by atoms with Gasteiger partial charge in [0.15, 0.2) is 0 Å². The molecule has 1 aromatic carbocycles. The van der Waals surface area contributed by atoms with E-state index < -0.39 is 6.04 Å². The van der Waals surface area contributed by atoms with Crippen molar-refractivity contribution in [2.45, 2.75) is 77.2 Å². The predicted molar refractivity (Wildman–Crippen MR) is 139 cm³/mol. The van der Waals surface area contributed by atoms with Crippen molar-refractivity contribution in [3.63, 3.8) is 0 Å². The number of phenols is 1. The second-order valence-electron chi connectivity index (χ2n) is 8.80. The first-order valence-corrected chi connectivity index (χ1v) is 13.0. The third kappa shape index (κ3) is 15.6. The van der Waals surface area contributed by atoms with Crippen molar-refractivity contribution < 1.29 is 14.7 Å². The van der Waals surface area contributed by atoms with Crippen LogP contribution in [0, 0.1) is 0 Å². The summed E-state index contributed by atoms with van der Waals surface area (Å²) >= 11 is 0. The maximum Gasteiger partial charge on any atom is 0.242 e. The number of aromatic hydroxyl groups is 1. The molecule has 0 aromatic heterocycles. The molecule has 0 radical (unpaired) electrons. The van der Waals surface area contributed by atoms with Gasteiger partial charge in [0.05, 0.1) is 0 Å². The zero-order valence-corrected chi connectivity index (χ0v) is 21.0. The Labute approximate surface area is 205 Å². The summed E-state index contributed by atoms with van der Waals surface area (Å²) in [6, 6.07) is 6.13. The molecule has 34 heavy (non-hydrogen) atoms. The van der Waals surface area contributed by atoms with Crippen LogP contribution in [-0.4, -0.2) is 62.2 Å². The van der Waals surface area contributed by atoms with Crippen LogP contribution in [0.4, 0.5) is 0 Å². The molecule has 1 aromatic rings. The van der Waals surface area contributed by atoms with Crippen LogP contribution < -0.4 is 27.0 Å². The molecule has 8 heteroatoms. The summed E-state index contributed by atoms with van der Waals surface area (Å²) in [6.07, 6.45) is 9.01. The molecule has 0 bridgehead atoms. The molecule has 7 N–H and O–H groups in total. The van der Waals surface area contributed by atoms with Crippen LogP contribution in [0.2, 0.25) is 0 Å². The number of hydrogen-bond donors (Lipinski definition) is 6. The number of unbranched alkanes of at least 4 members (excludes halogenated alkanes) is 4. The molecule has 0 aliphatic rings. The second kappa shape index (κ2) is 20.2. The number of nitrogens with two attached hydrogens (primary N) is 1. The van der Waals surface area contributed by atoms with Crippen molar-refractivity contribution >= 4 is 11.8 Å². The van der Waals surface area contributed by atoms with Crippen LogP contribution in [0.3, 0.4) is 0 Å². The summed E-state index contributed by atoms with van der Waals surface area (Å²) < 4.78 is 0. The fraction of sp³-hybridized carbons (Fsp3) is 0.692. The Hall–Kier alpha value is -2.16. The van der Waals surface area contributed by atoms with E-state index in [1.807, 2.05) is 0 Å². The Kier molecular flexibility index (Phi) is 17.8. The number of carbonyl (C=O) groups excluding carboxylic acids is 2. The summed E-state index contributed by atoms with van der Waals surface area (Å²) in [5.41, 5.74) is 6.36. The predicted octanol–water partition coefficient (Wildman–Crippen LogP) is 2.20. The number of benzene rings is 1. The molecule has 2 amide bonds. The SMILES string of the molecule is CCCCCCC(=O)N[C@@H](Cc1ccc(O)cc1)C(=O)NCCCNCCCCNCCCN. The minimum absolute atomic E-state index is 0.0887. The van der Waals surface area contributed by atoms with Gasteiger partial charge >= 0.3 is 0 Å². The highest BCUT2D eigenvalue weighted by molar-refractivity contribution is 5.87. The number of phenolic OH excluding ortho intramolecular Hbond substituents is 1. The average Bonchev–Trinajstić information content (AvgIpc) is 2.83. The molecule has 194 valence electrons. The smallest absolute Gasteiger partial charge is 0.242 e. The molecular weight excluding hydrogens is 430 g/mol. The molecular formula is C26H47N5O3. The number of carbonyl (C=O) groups is 2. The van der Waals surface area contributed by atoms with Gasteiger partial charge in [0.1, 0.15) is 11.8 Å². The van der Waals surface area contributed by atoms with E-state index in [2.05, 4.69) is 28.2 Å². The molecule has 0 aliphatic heterocycles. The molecule has 0 saturated carbocycles. The second-order valence-corrected chi connectivity index (χ2v) is 8.80. The summed E-state index contributed by atoms with van der Waals surface area (Å²) in [4.78, 5) is 25.2. The minimum atomic E-state index is -0.622. The molecule has 0 spiro atoms. The van der Waals surface area contributed by atoms with E-state index in [1.165, 1.54) is 0 Å². The van der Waals surface area contributed by atoms with Crippen LogP contribution in [-0.2, 0) is 16.0 Å². The highest BCUT2D eigenvalue weighted by atomic mass is 16.3. The van der Waals surface area contributed by atoms with E-state index in [-0.39, 0.29) is 17.6 Å². The third-order valence-corrected chi connectivity index (χ3v) is 5.63. The molecule has 1 atom stereocenters. The maximum absolute atomic E-state index is 12.8. The van der Waals surface area contributed by atoms with Gasteiger partial charge in [0, 0.05) is 19.4 Å². The van der Waals surface area contributed by atoms with E-state index >= 15 is 0 Å². The number of rotatable bonds is 21. The Bertz CT molecular complexity index is 654. The van der Waals surface area contributed by atoms with Crippen molar-refractivity contribution in [1.29, 1.82) is 0 Å². The lowest BCUT2D eigenvalue weighted by molar-refractivity contribution is -0.129. The van der Waals surface area contributed by atoms with Crippen LogP contribution in [0.15, 0.2) is 24.3 Å². The Morgan fingerprint density at radius 1 is 0.853 bits per heavy atom. The van der Waals surface area contributed by atoms with Crippen molar-refractivity contribution in [1.82, 2.24) is 21.3 Å². The van der Waals surface area contributed by atoms with Gasteiger partial charge in [-0.05, 0) is 82.5 Å². The molecule has 0 heterocycles. The van der Waals surface area contributed by atoms with Crippen molar-refractivity contribution in [2.75, 3.05) is 39.3 Å². The molecule has 1 rings (SSSR count). The maximum atomic E-state index is 12.8. The van der Waals surface area contributed by atoms with Crippen LogP contribution in [0.25, 0.3) is 0 Å². The van der Waals surface area contributed by atoms with E-state index in [0.29, 0.717) is 19.4 Å². The first-order valence-electron chi connectivity index (χ1n) is 13.0. The van der Waals surface area contributed by atoms with Gasteiger partial charge in [-0.15, -0.1) is 0 Å². The number of hydrogen-bond acceptors (Lipinski definition) is 6. The first-order chi connectivity index (χ1) is 16.6. The zero-order chi connectivity index (χ0) is 24.9. The van der Waals surface area contributed by atoms with Gasteiger partial charge in [-0.1, -0.05) is 38.3 Å². The highest BCUT2D eigenvalue weighted by Gasteiger charge is 2.20. The van der Waals surface area contributed by atoms with Gasteiger partial charge in [-0.25, -0.2) is 0 Å². The summed E-state index contributed by atoms with van der Waals surface area (Å²) in [6.45, 7) is 7.23. The zero-order valence-electron chi connectivity index (χ0n) is 21.0. The minimum Gasteiger partial charge on any atom is -0.508 e. The normalized spacial score (nSPS) is 11.8. The summed E-state index contributed by atoms with van der Waals surface area (Å²) in [7, 11) is 0. The van der Waals surface area contributed by atoms with Crippen molar-refractivity contribution in [3.05, 3.63) is 29.8 Å². The lowest BCUT2D eigenvalue weighted by Crippen LogP contribution is -2.48. The monoisotopic (exact) mass is 477 g/mol.